The Morgan fingerprint density at radius 3 is 2.65 bits per heavy atom. The first-order chi connectivity index (χ1) is 9.65. The molecule has 108 valence electrons. The Kier molecular flexibility index (Phi) is 4.94. The molecule has 2 rings (SSSR count). The summed E-state index contributed by atoms with van der Waals surface area (Å²) in [6.45, 7) is 2.20. The molecule has 1 aromatic carbocycles. The van der Waals surface area contributed by atoms with Crippen molar-refractivity contribution in [2.75, 3.05) is 0 Å². The number of carboxylic acids is 1. The fourth-order valence-electron chi connectivity index (χ4n) is 2.86. The lowest BCUT2D eigenvalue weighted by Gasteiger charge is -2.30. The van der Waals surface area contributed by atoms with Crippen LogP contribution in [-0.2, 0) is 6.42 Å². The van der Waals surface area contributed by atoms with E-state index in [4.69, 9.17) is 10.1 Å². The summed E-state index contributed by atoms with van der Waals surface area (Å²) in [6.07, 6.45) is 10.00. The fourth-order valence-corrected chi connectivity index (χ4v) is 2.86. The third-order valence-corrected chi connectivity index (χ3v) is 4.23. The van der Waals surface area contributed by atoms with Crippen LogP contribution in [-0.4, -0.2) is 22.8 Å². The van der Waals surface area contributed by atoms with E-state index in [9.17, 15) is 4.79 Å². The highest BCUT2D eigenvalue weighted by Gasteiger charge is 2.27. The van der Waals surface area contributed by atoms with Gasteiger partial charge in [0.2, 0.25) is 0 Å². The molecule has 1 atom stereocenters. The summed E-state index contributed by atoms with van der Waals surface area (Å²) in [6, 6.07) is 7.23. The number of hydrogen-bond donors (Lipinski definition) is 1. The predicted octanol–water partition coefficient (Wildman–Crippen LogP) is 4.11. The van der Waals surface area contributed by atoms with Gasteiger partial charge in [0.1, 0.15) is 0 Å². The topological polar surface area (TPSA) is 49.7 Å². The van der Waals surface area contributed by atoms with Gasteiger partial charge in [-0.3, -0.25) is 4.99 Å². The molecule has 0 aliphatic carbocycles. The molecule has 0 bridgehead atoms. The summed E-state index contributed by atoms with van der Waals surface area (Å²) in [7, 11) is 0. The maximum Gasteiger partial charge on any atom is 0.335 e. The van der Waals surface area contributed by atoms with Crippen LogP contribution in [0.15, 0.2) is 29.3 Å². The lowest BCUT2D eigenvalue weighted by Crippen LogP contribution is -2.29. The van der Waals surface area contributed by atoms with Crippen LogP contribution in [0.1, 0.15) is 61.4 Å². The molecular weight excluding hydrogens is 250 g/mol. The SMILES string of the molecule is CCC1(Cc2ccc(C(=O)O)cc2)CCCCCC=N1. The molecule has 0 saturated heterocycles. The lowest BCUT2D eigenvalue weighted by atomic mass is 9.83. The number of aromatic carboxylic acids is 1. The minimum absolute atomic E-state index is 0.00512. The average Bonchev–Trinajstić information content (AvgIpc) is 2.43. The minimum Gasteiger partial charge on any atom is -0.478 e. The van der Waals surface area contributed by atoms with E-state index in [1.807, 2.05) is 12.1 Å². The standard InChI is InChI=1S/C17H23NO2/c1-2-17(11-5-3-4-6-12-18-17)13-14-7-9-15(10-8-14)16(19)20/h7-10,12H,2-6,11,13H2,1H3,(H,19,20). The zero-order valence-corrected chi connectivity index (χ0v) is 12.1. The number of nitrogens with zero attached hydrogens (tertiary/aromatic N) is 1. The first kappa shape index (κ1) is 14.8. The second-order valence-electron chi connectivity index (χ2n) is 5.67. The Morgan fingerprint density at radius 2 is 2.00 bits per heavy atom. The summed E-state index contributed by atoms with van der Waals surface area (Å²) >= 11 is 0. The van der Waals surface area contributed by atoms with E-state index in [0.29, 0.717) is 5.56 Å². The van der Waals surface area contributed by atoms with E-state index in [-0.39, 0.29) is 5.54 Å². The van der Waals surface area contributed by atoms with Crippen LogP contribution in [0.3, 0.4) is 0 Å². The van der Waals surface area contributed by atoms with Crippen LogP contribution in [0, 0.1) is 0 Å². The van der Waals surface area contributed by atoms with Gasteiger partial charge in [-0.25, -0.2) is 4.79 Å². The van der Waals surface area contributed by atoms with Gasteiger partial charge < -0.3 is 5.11 Å². The monoisotopic (exact) mass is 273 g/mol. The van der Waals surface area contributed by atoms with Crippen LogP contribution in [0.4, 0.5) is 0 Å². The second-order valence-corrected chi connectivity index (χ2v) is 5.67. The first-order valence-electron chi connectivity index (χ1n) is 7.51. The van der Waals surface area contributed by atoms with E-state index < -0.39 is 5.97 Å². The van der Waals surface area contributed by atoms with E-state index in [1.54, 1.807) is 12.1 Å². The normalized spacial score (nSPS) is 23.1. The van der Waals surface area contributed by atoms with Crippen LogP contribution >= 0.6 is 0 Å². The van der Waals surface area contributed by atoms with Gasteiger partial charge in [-0.15, -0.1) is 0 Å². The Bertz CT molecular complexity index is 478. The van der Waals surface area contributed by atoms with E-state index in [0.717, 1.165) is 25.7 Å². The third kappa shape index (κ3) is 3.69. The summed E-state index contributed by atoms with van der Waals surface area (Å²) in [5, 5.41) is 8.94. The van der Waals surface area contributed by atoms with Gasteiger partial charge in [0, 0.05) is 0 Å². The van der Waals surface area contributed by atoms with E-state index in [1.165, 1.54) is 24.8 Å². The van der Waals surface area contributed by atoms with Gasteiger partial charge >= 0.3 is 5.97 Å². The molecule has 0 radical (unpaired) electrons. The molecule has 1 unspecified atom stereocenters. The zero-order valence-electron chi connectivity index (χ0n) is 12.1. The highest BCUT2D eigenvalue weighted by Crippen LogP contribution is 2.30. The number of rotatable bonds is 4. The van der Waals surface area contributed by atoms with Crippen molar-refractivity contribution in [1.29, 1.82) is 0 Å². The Labute approximate surface area is 120 Å². The zero-order chi connectivity index (χ0) is 14.4. The molecule has 3 nitrogen and oxygen atoms in total. The first-order valence-corrected chi connectivity index (χ1v) is 7.51. The number of carboxylic acid groups (broad SMARTS) is 1. The molecule has 0 spiro atoms. The van der Waals surface area contributed by atoms with Crippen molar-refractivity contribution in [3.05, 3.63) is 35.4 Å². The smallest absolute Gasteiger partial charge is 0.335 e. The van der Waals surface area contributed by atoms with Crippen molar-refractivity contribution in [2.24, 2.45) is 4.99 Å². The molecule has 1 aromatic rings. The van der Waals surface area contributed by atoms with Crippen molar-refractivity contribution in [1.82, 2.24) is 0 Å². The van der Waals surface area contributed by atoms with Crippen molar-refractivity contribution in [2.45, 2.75) is 57.4 Å². The van der Waals surface area contributed by atoms with Gasteiger partial charge in [0.25, 0.3) is 0 Å². The largest absolute Gasteiger partial charge is 0.478 e. The summed E-state index contributed by atoms with van der Waals surface area (Å²) in [5.74, 6) is -0.870. The highest BCUT2D eigenvalue weighted by atomic mass is 16.4. The number of benzene rings is 1. The summed E-state index contributed by atoms with van der Waals surface area (Å²) in [5.41, 5.74) is 1.53. The highest BCUT2D eigenvalue weighted by molar-refractivity contribution is 5.87. The Morgan fingerprint density at radius 1 is 1.25 bits per heavy atom. The molecule has 0 saturated carbocycles. The van der Waals surface area contributed by atoms with Crippen LogP contribution in [0.5, 0.6) is 0 Å². The fraction of sp³-hybridized carbons (Fsp3) is 0.529. The molecule has 1 N–H and O–H groups in total. The van der Waals surface area contributed by atoms with Crippen molar-refractivity contribution in [3.8, 4) is 0 Å². The molecule has 0 fully saturated rings. The van der Waals surface area contributed by atoms with Crippen LogP contribution < -0.4 is 0 Å². The van der Waals surface area contributed by atoms with Gasteiger partial charge in [-0.1, -0.05) is 31.9 Å². The van der Waals surface area contributed by atoms with Gasteiger partial charge in [-0.2, -0.15) is 0 Å². The Hall–Kier alpha value is -1.64. The molecular formula is C17H23NO2. The van der Waals surface area contributed by atoms with Gasteiger partial charge in [-0.05, 0) is 56.0 Å². The predicted molar refractivity (Wildman–Crippen MR) is 81.7 cm³/mol. The quantitative estimate of drug-likeness (QED) is 0.897. The van der Waals surface area contributed by atoms with Gasteiger partial charge in [0.15, 0.2) is 0 Å². The maximum atomic E-state index is 10.9. The molecule has 0 aromatic heterocycles. The molecule has 0 amide bonds. The third-order valence-electron chi connectivity index (χ3n) is 4.23. The number of hydrogen-bond acceptors (Lipinski definition) is 2. The van der Waals surface area contributed by atoms with Crippen LogP contribution in [0.25, 0.3) is 0 Å². The number of aliphatic imine (C=N–C) groups is 1. The molecule has 1 heterocycles. The Balaban J connectivity index is 2.15. The number of carbonyl (C=O) groups is 1. The molecule has 1 aliphatic heterocycles. The molecule has 1 aliphatic rings. The molecule has 20 heavy (non-hydrogen) atoms. The van der Waals surface area contributed by atoms with Crippen molar-refractivity contribution >= 4 is 12.2 Å². The molecule has 3 heteroatoms. The van der Waals surface area contributed by atoms with Crippen LogP contribution in [0.2, 0.25) is 0 Å². The van der Waals surface area contributed by atoms with Gasteiger partial charge in [0.05, 0.1) is 11.1 Å². The average molecular weight is 273 g/mol. The van der Waals surface area contributed by atoms with E-state index in [2.05, 4.69) is 13.1 Å². The summed E-state index contributed by atoms with van der Waals surface area (Å²) in [4.78, 5) is 15.7. The van der Waals surface area contributed by atoms with E-state index >= 15 is 0 Å². The summed E-state index contributed by atoms with van der Waals surface area (Å²) < 4.78 is 0. The minimum atomic E-state index is -0.870. The maximum absolute atomic E-state index is 10.9. The second kappa shape index (κ2) is 6.69. The van der Waals surface area contributed by atoms with Crippen molar-refractivity contribution in [3.63, 3.8) is 0 Å². The lowest BCUT2D eigenvalue weighted by molar-refractivity contribution is 0.0697. The van der Waals surface area contributed by atoms with Crippen molar-refractivity contribution < 1.29 is 9.90 Å².